The van der Waals surface area contributed by atoms with Gasteiger partial charge in [-0.25, -0.2) is 13.1 Å². The summed E-state index contributed by atoms with van der Waals surface area (Å²) in [5.41, 5.74) is 2.03. The van der Waals surface area contributed by atoms with E-state index in [0.29, 0.717) is 39.4 Å². The average molecular weight is 367 g/mol. The summed E-state index contributed by atoms with van der Waals surface area (Å²) in [4.78, 5) is 15.8. The third-order valence-electron chi connectivity index (χ3n) is 4.77. The van der Waals surface area contributed by atoms with Crippen molar-refractivity contribution in [1.82, 2.24) is 14.5 Å². The van der Waals surface area contributed by atoms with Crippen molar-refractivity contribution in [3.05, 3.63) is 29.3 Å². The topological polar surface area (TPSA) is 79.0 Å². The normalized spacial score (nSPS) is 18.8. The van der Waals surface area contributed by atoms with Gasteiger partial charge < -0.3 is 9.64 Å². The van der Waals surface area contributed by atoms with Crippen LogP contribution in [0, 0.1) is 0 Å². The highest BCUT2D eigenvalue weighted by atomic mass is 32.2. The Hall–Kier alpha value is -1.48. The van der Waals surface area contributed by atoms with Crippen LogP contribution in [0.3, 0.4) is 0 Å². The molecule has 0 atom stereocenters. The van der Waals surface area contributed by atoms with E-state index in [1.807, 2.05) is 6.07 Å². The lowest BCUT2D eigenvalue weighted by Gasteiger charge is -2.28. The molecule has 7 nitrogen and oxygen atoms in total. The fraction of sp³-hybridized carbons (Fsp3) is 0.588. The zero-order chi connectivity index (χ0) is 17.9. The van der Waals surface area contributed by atoms with E-state index in [0.717, 1.165) is 30.6 Å². The lowest BCUT2D eigenvalue weighted by atomic mass is 10.00. The van der Waals surface area contributed by atoms with Gasteiger partial charge in [0.15, 0.2) is 0 Å². The minimum Gasteiger partial charge on any atom is -0.379 e. The molecule has 2 aliphatic heterocycles. The van der Waals surface area contributed by atoms with Crippen molar-refractivity contribution in [2.24, 2.45) is 0 Å². The number of nitrogens with one attached hydrogen (secondary N) is 1. The molecular weight excluding hydrogens is 342 g/mol. The molecule has 0 unspecified atom stereocenters. The number of sulfonamides is 1. The van der Waals surface area contributed by atoms with Crippen molar-refractivity contribution in [3.8, 4) is 0 Å². The number of benzene rings is 1. The number of carbonyl (C=O) groups is 1. The van der Waals surface area contributed by atoms with Gasteiger partial charge in [0.05, 0.1) is 18.1 Å². The molecule has 0 aromatic heterocycles. The minimum atomic E-state index is -3.54. The van der Waals surface area contributed by atoms with Gasteiger partial charge in [-0.3, -0.25) is 9.69 Å². The Bertz CT molecular complexity index is 729. The van der Waals surface area contributed by atoms with Crippen LogP contribution in [0.1, 0.15) is 18.1 Å². The van der Waals surface area contributed by atoms with Gasteiger partial charge in [-0.2, -0.15) is 0 Å². The van der Waals surface area contributed by atoms with Crippen LogP contribution in [-0.4, -0.2) is 70.1 Å². The molecule has 1 saturated heterocycles. The quantitative estimate of drug-likeness (QED) is 0.804. The zero-order valence-corrected chi connectivity index (χ0v) is 15.3. The molecule has 25 heavy (non-hydrogen) atoms. The molecule has 2 aliphatic rings. The molecule has 8 heteroatoms. The van der Waals surface area contributed by atoms with Crippen LogP contribution in [0.2, 0.25) is 0 Å². The number of hydrogen-bond donors (Lipinski definition) is 1. The summed E-state index contributed by atoms with van der Waals surface area (Å²) in [6.45, 7) is 6.81. The number of nitrogens with zero attached hydrogens (tertiary/aromatic N) is 2. The van der Waals surface area contributed by atoms with Crippen molar-refractivity contribution in [1.29, 1.82) is 0 Å². The average Bonchev–Trinajstić information content (AvgIpc) is 2.61. The van der Waals surface area contributed by atoms with E-state index in [2.05, 4.69) is 9.62 Å². The maximum Gasteiger partial charge on any atom is 0.240 e. The predicted molar refractivity (Wildman–Crippen MR) is 93.7 cm³/mol. The second-order valence-electron chi connectivity index (χ2n) is 6.47. The molecule has 0 saturated carbocycles. The van der Waals surface area contributed by atoms with Crippen LogP contribution in [-0.2, 0) is 32.5 Å². The first-order chi connectivity index (χ1) is 12.0. The Kier molecular flexibility index (Phi) is 5.73. The van der Waals surface area contributed by atoms with Crippen molar-refractivity contribution < 1.29 is 17.9 Å². The first-order valence-electron chi connectivity index (χ1n) is 8.63. The van der Waals surface area contributed by atoms with Crippen LogP contribution in [0.25, 0.3) is 0 Å². The molecule has 0 aliphatic carbocycles. The molecule has 1 aromatic carbocycles. The molecule has 138 valence electrons. The van der Waals surface area contributed by atoms with Gasteiger partial charge in [0.1, 0.15) is 0 Å². The maximum absolute atomic E-state index is 12.5. The molecule has 0 bridgehead atoms. The third kappa shape index (κ3) is 4.58. The highest BCUT2D eigenvalue weighted by molar-refractivity contribution is 7.89. The fourth-order valence-corrected chi connectivity index (χ4v) is 4.29. The van der Waals surface area contributed by atoms with Crippen molar-refractivity contribution in [3.63, 3.8) is 0 Å². The summed E-state index contributed by atoms with van der Waals surface area (Å²) in [6, 6.07) is 5.21. The number of carbonyl (C=O) groups excluding carboxylic acids is 1. The van der Waals surface area contributed by atoms with Crippen molar-refractivity contribution in [2.75, 3.05) is 45.9 Å². The standard InChI is InChI=1S/C17H25N3O4S/c1-14(21)20-6-4-15-2-3-17(12-16(15)13-20)25(22,23)18-5-7-19-8-10-24-11-9-19/h2-3,12,18H,4-11,13H2,1H3. The summed E-state index contributed by atoms with van der Waals surface area (Å²) >= 11 is 0. The van der Waals surface area contributed by atoms with E-state index in [9.17, 15) is 13.2 Å². The summed E-state index contributed by atoms with van der Waals surface area (Å²) in [7, 11) is -3.54. The lowest BCUT2D eigenvalue weighted by Crippen LogP contribution is -2.41. The van der Waals surface area contributed by atoms with Gasteiger partial charge in [0, 0.05) is 46.2 Å². The minimum absolute atomic E-state index is 0.0162. The molecule has 1 N–H and O–H groups in total. The van der Waals surface area contributed by atoms with Crippen LogP contribution in [0.5, 0.6) is 0 Å². The predicted octanol–water partition coefficient (Wildman–Crippen LogP) is 0.202. The maximum atomic E-state index is 12.5. The number of amides is 1. The summed E-state index contributed by atoms with van der Waals surface area (Å²) < 4.78 is 33.0. The van der Waals surface area contributed by atoms with Crippen LogP contribution >= 0.6 is 0 Å². The molecule has 0 spiro atoms. The van der Waals surface area contributed by atoms with Crippen molar-refractivity contribution >= 4 is 15.9 Å². The van der Waals surface area contributed by atoms with E-state index < -0.39 is 10.0 Å². The highest BCUT2D eigenvalue weighted by Crippen LogP contribution is 2.22. The Morgan fingerprint density at radius 3 is 2.68 bits per heavy atom. The second-order valence-corrected chi connectivity index (χ2v) is 8.24. The van der Waals surface area contributed by atoms with Gasteiger partial charge in [-0.05, 0) is 29.7 Å². The van der Waals surface area contributed by atoms with Gasteiger partial charge in [-0.15, -0.1) is 0 Å². The Morgan fingerprint density at radius 2 is 1.96 bits per heavy atom. The molecule has 0 radical (unpaired) electrons. The number of hydrogen-bond acceptors (Lipinski definition) is 5. The number of rotatable bonds is 5. The lowest BCUT2D eigenvalue weighted by molar-refractivity contribution is -0.129. The van der Waals surface area contributed by atoms with E-state index in [4.69, 9.17) is 4.74 Å². The first-order valence-corrected chi connectivity index (χ1v) is 10.1. The van der Waals surface area contributed by atoms with Crippen LogP contribution in [0.15, 0.2) is 23.1 Å². The molecule has 1 aromatic rings. The molecule has 1 amide bonds. The third-order valence-corrected chi connectivity index (χ3v) is 6.23. The Balaban J connectivity index is 1.64. The highest BCUT2D eigenvalue weighted by Gasteiger charge is 2.21. The van der Waals surface area contributed by atoms with E-state index in [1.165, 1.54) is 0 Å². The smallest absolute Gasteiger partial charge is 0.240 e. The summed E-state index contributed by atoms with van der Waals surface area (Å²) in [5, 5.41) is 0. The van der Waals surface area contributed by atoms with Gasteiger partial charge >= 0.3 is 0 Å². The summed E-state index contributed by atoms with van der Waals surface area (Å²) in [5.74, 6) is 0.0162. The number of fused-ring (bicyclic) bond motifs is 1. The van der Waals surface area contributed by atoms with E-state index in [1.54, 1.807) is 24.0 Å². The van der Waals surface area contributed by atoms with E-state index >= 15 is 0 Å². The van der Waals surface area contributed by atoms with Gasteiger partial charge in [0.25, 0.3) is 0 Å². The Morgan fingerprint density at radius 1 is 1.20 bits per heavy atom. The van der Waals surface area contributed by atoms with Crippen LogP contribution < -0.4 is 4.72 Å². The number of morpholine rings is 1. The fourth-order valence-electron chi connectivity index (χ4n) is 3.22. The molecule has 1 fully saturated rings. The summed E-state index contributed by atoms with van der Waals surface area (Å²) in [6.07, 6.45) is 0.764. The monoisotopic (exact) mass is 367 g/mol. The second kappa shape index (κ2) is 7.82. The molecule has 2 heterocycles. The zero-order valence-electron chi connectivity index (χ0n) is 14.5. The van der Waals surface area contributed by atoms with Crippen molar-refractivity contribution in [2.45, 2.75) is 24.8 Å². The largest absolute Gasteiger partial charge is 0.379 e. The Labute approximate surface area is 149 Å². The SMILES string of the molecule is CC(=O)N1CCc2ccc(S(=O)(=O)NCCN3CCOCC3)cc2C1. The van der Waals surface area contributed by atoms with Crippen LogP contribution in [0.4, 0.5) is 0 Å². The van der Waals surface area contributed by atoms with Gasteiger partial charge in [-0.1, -0.05) is 6.07 Å². The first kappa shape index (κ1) is 18.3. The molecular formula is C17H25N3O4S. The van der Waals surface area contributed by atoms with Gasteiger partial charge in [0.2, 0.25) is 15.9 Å². The number of ether oxygens (including phenoxy) is 1. The van der Waals surface area contributed by atoms with E-state index in [-0.39, 0.29) is 10.8 Å². The molecule has 3 rings (SSSR count).